The van der Waals surface area contributed by atoms with Gasteiger partial charge in [-0.2, -0.15) is 0 Å². The molecule has 0 spiro atoms. The van der Waals surface area contributed by atoms with E-state index in [2.05, 4.69) is 144 Å². The molecule has 7 aromatic carbocycles. The Hall–Kier alpha value is -4.92. The normalized spacial score (nSPS) is 12.0. The van der Waals surface area contributed by atoms with E-state index in [-0.39, 0.29) is 0 Å². The summed E-state index contributed by atoms with van der Waals surface area (Å²) in [5.74, 6) is 0. The zero-order chi connectivity index (χ0) is 26.2. The van der Waals surface area contributed by atoms with E-state index in [1.165, 1.54) is 80.3 Å². The van der Waals surface area contributed by atoms with Crippen LogP contribution in [-0.4, -0.2) is 4.57 Å². The van der Waals surface area contributed by atoms with E-state index in [0.29, 0.717) is 0 Å². The van der Waals surface area contributed by atoms with Crippen LogP contribution in [0.3, 0.4) is 0 Å². The highest BCUT2D eigenvalue weighted by molar-refractivity contribution is 7.27. The predicted octanol–water partition coefficient (Wildman–Crippen LogP) is 11.1. The van der Waals surface area contributed by atoms with Gasteiger partial charge in [-0.3, -0.25) is 0 Å². The number of hydrogen-bond acceptors (Lipinski definition) is 1. The summed E-state index contributed by atoms with van der Waals surface area (Å²) in [6.45, 7) is 0. The highest BCUT2D eigenvalue weighted by Gasteiger charge is 2.22. The predicted molar refractivity (Wildman–Crippen MR) is 174 cm³/mol. The van der Waals surface area contributed by atoms with Crippen LogP contribution in [0.2, 0.25) is 0 Å². The molecular weight excluding hydrogens is 502 g/mol. The van der Waals surface area contributed by atoms with Crippen LogP contribution in [0, 0.1) is 0 Å². The first kappa shape index (κ1) is 22.0. The third-order valence-electron chi connectivity index (χ3n) is 8.36. The van der Waals surface area contributed by atoms with Crippen molar-refractivity contribution in [2.24, 2.45) is 0 Å². The van der Waals surface area contributed by atoms with E-state index < -0.39 is 0 Å². The molecule has 0 fully saturated rings. The van der Waals surface area contributed by atoms with Gasteiger partial charge < -0.3 is 4.57 Å². The minimum atomic E-state index is 1.22. The average molecular weight is 526 g/mol. The molecule has 0 aliphatic rings. The van der Waals surface area contributed by atoms with E-state index >= 15 is 0 Å². The molecule has 0 bridgehead atoms. The smallest absolute Gasteiger partial charge is 0.0634 e. The Morgan fingerprint density at radius 3 is 2.02 bits per heavy atom. The lowest BCUT2D eigenvalue weighted by molar-refractivity contribution is 1.21. The third-order valence-corrected chi connectivity index (χ3v) is 9.55. The maximum atomic E-state index is 2.53. The minimum absolute atomic E-state index is 1.22. The van der Waals surface area contributed by atoms with Crippen molar-refractivity contribution in [2.75, 3.05) is 0 Å². The summed E-state index contributed by atoms with van der Waals surface area (Å²) < 4.78 is 5.24. The lowest BCUT2D eigenvalue weighted by Gasteiger charge is -2.14. The molecule has 40 heavy (non-hydrogen) atoms. The molecule has 186 valence electrons. The van der Waals surface area contributed by atoms with E-state index in [1.54, 1.807) is 0 Å². The third kappa shape index (κ3) is 2.97. The fraction of sp³-hybridized carbons (Fsp3) is 0. The van der Waals surface area contributed by atoms with Crippen LogP contribution in [-0.2, 0) is 0 Å². The first-order chi connectivity index (χ1) is 19.9. The molecule has 0 amide bonds. The molecule has 0 saturated carbocycles. The lowest BCUT2D eigenvalue weighted by Crippen LogP contribution is -1.96. The van der Waals surface area contributed by atoms with Crippen molar-refractivity contribution in [1.29, 1.82) is 0 Å². The Labute approximate surface area is 235 Å². The summed E-state index contributed by atoms with van der Waals surface area (Å²) in [6, 6.07) is 51.0. The van der Waals surface area contributed by atoms with E-state index in [1.807, 2.05) is 11.3 Å². The van der Waals surface area contributed by atoms with Gasteiger partial charge in [0.15, 0.2) is 0 Å². The molecule has 0 aliphatic carbocycles. The molecule has 0 unspecified atom stereocenters. The molecule has 1 nitrogen and oxygen atoms in total. The van der Waals surface area contributed by atoms with Crippen LogP contribution in [0.1, 0.15) is 0 Å². The Balaban J connectivity index is 1.57. The second-order valence-corrected chi connectivity index (χ2v) is 11.6. The molecule has 9 rings (SSSR count). The van der Waals surface area contributed by atoms with Gasteiger partial charge in [-0.25, -0.2) is 0 Å². The highest BCUT2D eigenvalue weighted by atomic mass is 32.1. The van der Waals surface area contributed by atoms with Crippen molar-refractivity contribution in [3.8, 4) is 16.8 Å². The Morgan fingerprint density at radius 2 is 1.15 bits per heavy atom. The summed E-state index contributed by atoms with van der Waals surface area (Å²) in [6.07, 6.45) is 0. The first-order valence-corrected chi connectivity index (χ1v) is 14.5. The van der Waals surface area contributed by atoms with Crippen LogP contribution in [0.25, 0.3) is 80.3 Å². The van der Waals surface area contributed by atoms with Crippen LogP contribution in [0.5, 0.6) is 0 Å². The summed E-state index contributed by atoms with van der Waals surface area (Å²) >= 11 is 1.92. The number of rotatable bonds is 2. The van der Waals surface area contributed by atoms with Crippen LogP contribution < -0.4 is 0 Å². The molecule has 9 aromatic rings. The van der Waals surface area contributed by atoms with Crippen molar-refractivity contribution < 1.29 is 0 Å². The van der Waals surface area contributed by atoms with Gasteiger partial charge in [0.2, 0.25) is 0 Å². The van der Waals surface area contributed by atoms with Gasteiger partial charge in [0.1, 0.15) is 0 Å². The average Bonchev–Trinajstić information content (AvgIpc) is 3.57. The number of nitrogens with zero attached hydrogens (tertiary/aromatic N) is 1. The van der Waals surface area contributed by atoms with Crippen molar-refractivity contribution in [3.05, 3.63) is 140 Å². The van der Waals surface area contributed by atoms with Crippen molar-refractivity contribution in [2.45, 2.75) is 0 Å². The van der Waals surface area contributed by atoms with Gasteiger partial charge in [0.25, 0.3) is 0 Å². The zero-order valence-corrected chi connectivity index (χ0v) is 22.5. The molecule has 0 radical (unpaired) electrons. The second-order valence-electron chi connectivity index (χ2n) is 10.5. The van der Waals surface area contributed by atoms with E-state index in [9.17, 15) is 0 Å². The fourth-order valence-electron chi connectivity index (χ4n) is 6.63. The van der Waals surface area contributed by atoms with Gasteiger partial charge in [0, 0.05) is 41.7 Å². The summed E-state index contributed by atoms with van der Waals surface area (Å²) in [7, 11) is 0. The number of benzene rings is 7. The molecule has 2 heterocycles. The Kier molecular flexibility index (Phi) is 4.55. The summed E-state index contributed by atoms with van der Waals surface area (Å²) in [5.41, 5.74) is 6.20. The monoisotopic (exact) mass is 525 g/mol. The summed E-state index contributed by atoms with van der Waals surface area (Å²) in [4.78, 5) is 0. The molecular formula is C38H23NS. The van der Waals surface area contributed by atoms with Gasteiger partial charge in [-0.1, -0.05) is 121 Å². The standard InChI is InChI=1S/C38H23NS/c1-2-11-24(12-3-1)26-21-22-30-33(23-26)39(32-19-10-14-25-13-4-5-15-27(25)32)37-29-17-7-6-16-28(29)35-31-18-8-9-20-34(31)40-38(35)36(30)37/h1-23H. The molecule has 2 aromatic heterocycles. The van der Waals surface area contributed by atoms with E-state index in [0.717, 1.165) is 0 Å². The molecule has 0 N–H and O–H groups in total. The second kappa shape index (κ2) is 8.29. The van der Waals surface area contributed by atoms with Crippen LogP contribution in [0.15, 0.2) is 140 Å². The number of thiophene rings is 1. The van der Waals surface area contributed by atoms with Gasteiger partial charge in [0.05, 0.1) is 16.7 Å². The maximum Gasteiger partial charge on any atom is 0.0634 e. The first-order valence-electron chi connectivity index (χ1n) is 13.7. The van der Waals surface area contributed by atoms with Gasteiger partial charge in [-0.15, -0.1) is 11.3 Å². The SMILES string of the molecule is c1ccc(-c2ccc3c4c5sc6ccccc6c5c5ccccc5c4n(-c4cccc5ccccc45)c3c2)cc1. The van der Waals surface area contributed by atoms with Crippen molar-refractivity contribution in [3.63, 3.8) is 0 Å². The Morgan fingerprint density at radius 1 is 0.450 bits per heavy atom. The van der Waals surface area contributed by atoms with E-state index in [4.69, 9.17) is 0 Å². The largest absolute Gasteiger partial charge is 0.308 e. The van der Waals surface area contributed by atoms with Gasteiger partial charge >= 0.3 is 0 Å². The van der Waals surface area contributed by atoms with Crippen LogP contribution in [0.4, 0.5) is 0 Å². The lowest BCUT2D eigenvalue weighted by atomic mass is 9.99. The fourth-order valence-corrected chi connectivity index (χ4v) is 7.91. The van der Waals surface area contributed by atoms with Crippen molar-refractivity contribution >= 4 is 74.9 Å². The van der Waals surface area contributed by atoms with Gasteiger partial charge in [-0.05, 0) is 40.1 Å². The van der Waals surface area contributed by atoms with Crippen molar-refractivity contribution in [1.82, 2.24) is 4.57 Å². The highest BCUT2D eigenvalue weighted by Crippen LogP contribution is 2.48. The topological polar surface area (TPSA) is 4.93 Å². The number of hydrogen-bond donors (Lipinski definition) is 0. The molecule has 2 heteroatoms. The molecule has 0 saturated heterocycles. The van der Waals surface area contributed by atoms with Crippen LogP contribution >= 0.6 is 11.3 Å². The zero-order valence-electron chi connectivity index (χ0n) is 21.6. The summed E-state index contributed by atoms with van der Waals surface area (Å²) in [5, 5.41) is 10.5. The quantitative estimate of drug-likeness (QED) is 0.211. The minimum Gasteiger partial charge on any atom is -0.308 e. The maximum absolute atomic E-state index is 2.53. The number of fused-ring (bicyclic) bond motifs is 11. The molecule has 0 atom stereocenters. The Bertz CT molecular complexity index is 2420. The number of aromatic nitrogens is 1. The molecule has 0 aliphatic heterocycles.